The lowest BCUT2D eigenvalue weighted by atomic mass is 9.89. The average Bonchev–Trinajstić information content (AvgIpc) is 2.33. The molecule has 2 unspecified atom stereocenters. The first-order chi connectivity index (χ1) is 8.24. The highest BCUT2D eigenvalue weighted by Gasteiger charge is 2.08. The zero-order chi connectivity index (χ0) is 12.9. The highest BCUT2D eigenvalue weighted by molar-refractivity contribution is 4.61. The van der Waals surface area contributed by atoms with Gasteiger partial charge in [0.05, 0.1) is 0 Å². The van der Waals surface area contributed by atoms with Crippen molar-refractivity contribution >= 4 is 0 Å². The van der Waals surface area contributed by atoms with Crippen molar-refractivity contribution in [3.8, 4) is 0 Å². The van der Waals surface area contributed by atoms with E-state index in [1.807, 2.05) is 0 Å². The van der Waals surface area contributed by atoms with Crippen molar-refractivity contribution in [2.24, 2.45) is 11.8 Å². The molecule has 104 valence electrons. The average molecular weight is 240 g/mol. The maximum absolute atomic E-state index is 2.44. The van der Waals surface area contributed by atoms with Crippen LogP contribution in [-0.4, -0.2) is 0 Å². The molecule has 0 heteroatoms. The van der Waals surface area contributed by atoms with Crippen molar-refractivity contribution in [3.05, 3.63) is 0 Å². The summed E-state index contributed by atoms with van der Waals surface area (Å²) in [6.07, 6.45) is 15.8. The van der Waals surface area contributed by atoms with Gasteiger partial charge in [-0.3, -0.25) is 0 Å². The minimum atomic E-state index is 0.961. The third kappa shape index (κ3) is 10.9. The van der Waals surface area contributed by atoms with Crippen LogP contribution in [0.1, 0.15) is 98.3 Å². The van der Waals surface area contributed by atoms with Gasteiger partial charge >= 0.3 is 0 Å². The Morgan fingerprint density at radius 2 is 1.12 bits per heavy atom. The monoisotopic (exact) mass is 240 g/mol. The summed E-state index contributed by atoms with van der Waals surface area (Å²) < 4.78 is 0. The Morgan fingerprint density at radius 1 is 0.588 bits per heavy atom. The van der Waals surface area contributed by atoms with Crippen molar-refractivity contribution < 1.29 is 0 Å². The molecule has 2 atom stereocenters. The highest BCUT2D eigenvalue weighted by atomic mass is 14.1. The van der Waals surface area contributed by atoms with Crippen LogP contribution in [0.5, 0.6) is 0 Å². The molecule has 0 spiro atoms. The molecule has 17 heavy (non-hydrogen) atoms. The molecule has 0 aliphatic heterocycles. The van der Waals surface area contributed by atoms with Gasteiger partial charge < -0.3 is 0 Å². The molecular weight excluding hydrogens is 204 g/mol. The SMILES string of the molecule is CCCCC(C)CCCC(CCC)CCCC. The summed E-state index contributed by atoms with van der Waals surface area (Å²) in [5.41, 5.74) is 0. The number of rotatable bonds is 12. The van der Waals surface area contributed by atoms with Crippen molar-refractivity contribution in [2.75, 3.05) is 0 Å². The summed E-state index contributed by atoms with van der Waals surface area (Å²) in [6.45, 7) is 9.39. The Labute approximate surface area is 111 Å². The zero-order valence-electron chi connectivity index (χ0n) is 12.9. The van der Waals surface area contributed by atoms with Crippen LogP contribution in [0.2, 0.25) is 0 Å². The normalized spacial score (nSPS) is 14.8. The van der Waals surface area contributed by atoms with Crippen molar-refractivity contribution in [1.29, 1.82) is 0 Å². The maximum atomic E-state index is 2.44. The fourth-order valence-electron chi connectivity index (χ4n) is 2.79. The second kappa shape index (κ2) is 12.5. The molecule has 0 bridgehead atoms. The van der Waals surface area contributed by atoms with E-state index in [1.165, 1.54) is 70.6 Å². The Morgan fingerprint density at radius 3 is 1.71 bits per heavy atom. The van der Waals surface area contributed by atoms with E-state index in [0.717, 1.165) is 11.8 Å². The van der Waals surface area contributed by atoms with Gasteiger partial charge in [0.15, 0.2) is 0 Å². The van der Waals surface area contributed by atoms with E-state index in [9.17, 15) is 0 Å². The summed E-state index contributed by atoms with van der Waals surface area (Å²) in [5.74, 6) is 1.99. The molecule has 0 radical (unpaired) electrons. The summed E-state index contributed by atoms with van der Waals surface area (Å²) in [5, 5.41) is 0. The summed E-state index contributed by atoms with van der Waals surface area (Å²) in [6, 6.07) is 0. The number of hydrogen-bond acceptors (Lipinski definition) is 0. The molecule has 0 saturated carbocycles. The quantitative estimate of drug-likeness (QED) is 0.361. The summed E-state index contributed by atoms with van der Waals surface area (Å²) >= 11 is 0. The molecule has 0 rings (SSSR count). The van der Waals surface area contributed by atoms with Gasteiger partial charge in [-0.1, -0.05) is 98.3 Å². The van der Waals surface area contributed by atoms with Crippen LogP contribution in [0.15, 0.2) is 0 Å². The molecule has 0 heterocycles. The second-order valence-electron chi connectivity index (χ2n) is 5.98. The van der Waals surface area contributed by atoms with Crippen LogP contribution < -0.4 is 0 Å². The van der Waals surface area contributed by atoms with E-state index < -0.39 is 0 Å². The molecule has 0 aromatic heterocycles. The maximum Gasteiger partial charge on any atom is -0.0414 e. The Balaban J connectivity index is 3.57. The minimum absolute atomic E-state index is 0.961. The van der Waals surface area contributed by atoms with Crippen LogP contribution in [0, 0.1) is 11.8 Å². The van der Waals surface area contributed by atoms with Crippen LogP contribution in [-0.2, 0) is 0 Å². The van der Waals surface area contributed by atoms with Crippen LogP contribution >= 0.6 is 0 Å². The molecule has 0 aromatic rings. The first-order valence-electron chi connectivity index (χ1n) is 8.24. The fourth-order valence-corrected chi connectivity index (χ4v) is 2.79. The Bertz CT molecular complexity index is 139. The van der Waals surface area contributed by atoms with E-state index in [2.05, 4.69) is 27.7 Å². The molecule has 0 aromatic carbocycles. The van der Waals surface area contributed by atoms with Crippen molar-refractivity contribution in [1.82, 2.24) is 0 Å². The van der Waals surface area contributed by atoms with Gasteiger partial charge in [-0.2, -0.15) is 0 Å². The topological polar surface area (TPSA) is 0 Å². The van der Waals surface area contributed by atoms with Gasteiger partial charge in [-0.05, 0) is 11.8 Å². The van der Waals surface area contributed by atoms with Crippen LogP contribution in [0.25, 0.3) is 0 Å². The van der Waals surface area contributed by atoms with Gasteiger partial charge in [0, 0.05) is 0 Å². The van der Waals surface area contributed by atoms with Gasteiger partial charge in [0.2, 0.25) is 0 Å². The molecule has 0 saturated heterocycles. The van der Waals surface area contributed by atoms with Crippen molar-refractivity contribution in [3.63, 3.8) is 0 Å². The standard InChI is InChI=1S/C17H36/c1-5-8-12-16(4)13-10-15-17(11-7-3)14-9-6-2/h16-17H,5-15H2,1-4H3. The largest absolute Gasteiger partial charge is 0.0654 e. The fraction of sp³-hybridized carbons (Fsp3) is 1.00. The van der Waals surface area contributed by atoms with E-state index >= 15 is 0 Å². The van der Waals surface area contributed by atoms with Gasteiger partial charge in [-0.15, -0.1) is 0 Å². The highest BCUT2D eigenvalue weighted by Crippen LogP contribution is 2.23. The molecule has 0 amide bonds. The summed E-state index contributed by atoms with van der Waals surface area (Å²) in [7, 11) is 0. The lowest BCUT2D eigenvalue weighted by molar-refractivity contribution is 0.361. The molecule has 0 aliphatic carbocycles. The number of unbranched alkanes of at least 4 members (excludes halogenated alkanes) is 2. The van der Waals surface area contributed by atoms with E-state index in [4.69, 9.17) is 0 Å². The predicted molar refractivity (Wildman–Crippen MR) is 80.5 cm³/mol. The molecule has 0 fully saturated rings. The Kier molecular flexibility index (Phi) is 12.5. The van der Waals surface area contributed by atoms with E-state index in [0.29, 0.717) is 0 Å². The van der Waals surface area contributed by atoms with Crippen LogP contribution in [0.4, 0.5) is 0 Å². The predicted octanol–water partition coefficient (Wildman–Crippen LogP) is 6.59. The van der Waals surface area contributed by atoms with Gasteiger partial charge in [0.1, 0.15) is 0 Å². The minimum Gasteiger partial charge on any atom is -0.0654 e. The third-order valence-electron chi connectivity index (χ3n) is 4.02. The van der Waals surface area contributed by atoms with Crippen molar-refractivity contribution in [2.45, 2.75) is 98.3 Å². The second-order valence-corrected chi connectivity index (χ2v) is 5.98. The van der Waals surface area contributed by atoms with Gasteiger partial charge in [0.25, 0.3) is 0 Å². The summed E-state index contributed by atoms with van der Waals surface area (Å²) in [4.78, 5) is 0. The van der Waals surface area contributed by atoms with Crippen LogP contribution in [0.3, 0.4) is 0 Å². The molecule has 0 N–H and O–H groups in total. The third-order valence-corrected chi connectivity index (χ3v) is 4.02. The number of hydrogen-bond donors (Lipinski definition) is 0. The molecule has 0 nitrogen and oxygen atoms in total. The van der Waals surface area contributed by atoms with Gasteiger partial charge in [-0.25, -0.2) is 0 Å². The lowest BCUT2D eigenvalue weighted by Gasteiger charge is -2.17. The lowest BCUT2D eigenvalue weighted by Crippen LogP contribution is -2.02. The van der Waals surface area contributed by atoms with E-state index in [-0.39, 0.29) is 0 Å². The smallest absolute Gasteiger partial charge is 0.0414 e. The molecular formula is C17H36. The zero-order valence-corrected chi connectivity index (χ0v) is 12.9. The Hall–Kier alpha value is 0. The van der Waals surface area contributed by atoms with E-state index in [1.54, 1.807) is 0 Å². The first-order valence-corrected chi connectivity index (χ1v) is 8.24. The molecule has 0 aliphatic rings. The first kappa shape index (κ1) is 17.0.